The van der Waals surface area contributed by atoms with Crippen molar-refractivity contribution in [2.45, 2.75) is 31.0 Å². The summed E-state index contributed by atoms with van der Waals surface area (Å²) < 4.78 is 6.89. The molecule has 1 saturated heterocycles. The average molecular weight is 387 g/mol. The smallest absolute Gasteiger partial charge is 0.348 e. The van der Waals surface area contributed by atoms with Crippen LogP contribution < -0.4 is 11.0 Å². The summed E-state index contributed by atoms with van der Waals surface area (Å²) in [4.78, 5) is 22.9. The van der Waals surface area contributed by atoms with E-state index in [2.05, 4.69) is 20.3 Å². The number of hydrogen-bond donors (Lipinski definition) is 5. The number of fused-ring (bicyclic) bond motifs is 1. The molecular formula is C18H21N5O5. The predicted molar refractivity (Wildman–Crippen MR) is 99.8 cm³/mol. The van der Waals surface area contributed by atoms with E-state index in [1.54, 1.807) is 0 Å². The molecule has 0 saturated carbocycles. The highest BCUT2D eigenvalue weighted by Gasteiger charge is 2.44. The van der Waals surface area contributed by atoms with Gasteiger partial charge in [0.15, 0.2) is 11.9 Å². The normalized spacial score (nSPS) is 24.7. The Labute approximate surface area is 159 Å². The number of aliphatic hydroxyl groups is 3. The SMILES string of the molecule is O=c1nc2c(ncn2[C@@H]2O[C@H](CO)[C@@H](O)[C@H]2O)c(NCCc2ccccc2)[nH]1. The molecule has 10 nitrogen and oxygen atoms in total. The molecule has 0 aliphatic carbocycles. The fraction of sp³-hybridized carbons (Fsp3) is 0.389. The lowest BCUT2D eigenvalue weighted by atomic mass is 10.1. The van der Waals surface area contributed by atoms with Crippen molar-refractivity contribution in [3.63, 3.8) is 0 Å². The van der Waals surface area contributed by atoms with Gasteiger partial charge in [-0.15, -0.1) is 0 Å². The van der Waals surface area contributed by atoms with Crippen molar-refractivity contribution in [3.8, 4) is 0 Å². The molecule has 1 aliphatic rings. The van der Waals surface area contributed by atoms with Crippen molar-refractivity contribution in [2.75, 3.05) is 18.5 Å². The number of imidazole rings is 1. The van der Waals surface area contributed by atoms with Gasteiger partial charge in [-0.3, -0.25) is 9.55 Å². The third-order valence-corrected chi connectivity index (χ3v) is 4.79. The van der Waals surface area contributed by atoms with E-state index < -0.39 is 36.8 Å². The Kier molecular flexibility index (Phi) is 5.09. The van der Waals surface area contributed by atoms with E-state index in [9.17, 15) is 20.1 Å². The van der Waals surface area contributed by atoms with Gasteiger partial charge in [0.05, 0.1) is 12.9 Å². The number of aliphatic hydroxyl groups excluding tert-OH is 3. The van der Waals surface area contributed by atoms with E-state index >= 15 is 0 Å². The summed E-state index contributed by atoms with van der Waals surface area (Å²) in [6, 6.07) is 9.91. The Bertz CT molecular complexity index is 1000. The summed E-state index contributed by atoms with van der Waals surface area (Å²) in [6.07, 6.45) is -2.34. The summed E-state index contributed by atoms with van der Waals surface area (Å²) in [5, 5.41) is 32.6. The molecule has 4 atom stereocenters. The molecule has 3 heterocycles. The van der Waals surface area contributed by atoms with Gasteiger partial charge in [0.2, 0.25) is 0 Å². The van der Waals surface area contributed by atoms with E-state index in [1.165, 1.54) is 10.9 Å². The summed E-state index contributed by atoms with van der Waals surface area (Å²) in [6.45, 7) is 0.126. The van der Waals surface area contributed by atoms with Gasteiger partial charge < -0.3 is 25.4 Å². The Morgan fingerprint density at radius 1 is 1.21 bits per heavy atom. The number of ether oxygens (including phenoxy) is 1. The molecule has 1 aromatic carbocycles. The Hall–Kier alpha value is -2.79. The van der Waals surface area contributed by atoms with Gasteiger partial charge in [0.1, 0.15) is 29.6 Å². The zero-order valence-electron chi connectivity index (χ0n) is 14.9. The van der Waals surface area contributed by atoms with Gasteiger partial charge in [-0.05, 0) is 12.0 Å². The van der Waals surface area contributed by atoms with Crippen LogP contribution in [0, 0.1) is 0 Å². The van der Waals surface area contributed by atoms with Crippen LogP contribution in [0.3, 0.4) is 0 Å². The van der Waals surface area contributed by atoms with Gasteiger partial charge in [-0.25, -0.2) is 9.78 Å². The fourth-order valence-corrected chi connectivity index (χ4v) is 3.33. The van der Waals surface area contributed by atoms with Crippen LogP contribution in [-0.2, 0) is 11.2 Å². The summed E-state index contributed by atoms with van der Waals surface area (Å²) in [7, 11) is 0. The number of hydrogen-bond acceptors (Lipinski definition) is 8. The molecule has 0 bridgehead atoms. The first kappa shape index (κ1) is 18.6. The van der Waals surface area contributed by atoms with Crippen molar-refractivity contribution < 1.29 is 20.1 Å². The van der Waals surface area contributed by atoms with Crippen LogP contribution in [0.1, 0.15) is 11.8 Å². The van der Waals surface area contributed by atoms with Crippen LogP contribution in [0.15, 0.2) is 41.5 Å². The van der Waals surface area contributed by atoms with Crippen LogP contribution in [0.25, 0.3) is 11.2 Å². The van der Waals surface area contributed by atoms with E-state index in [0.29, 0.717) is 17.9 Å². The first-order valence-corrected chi connectivity index (χ1v) is 8.95. The summed E-state index contributed by atoms with van der Waals surface area (Å²) in [5.74, 6) is 0.413. The number of nitrogens with zero attached hydrogens (tertiary/aromatic N) is 3. The first-order chi connectivity index (χ1) is 13.6. The van der Waals surface area contributed by atoms with Crippen LogP contribution in [-0.4, -0.2) is 66.3 Å². The number of benzene rings is 1. The van der Waals surface area contributed by atoms with Crippen molar-refractivity contribution in [1.82, 2.24) is 19.5 Å². The molecular weight excluding hydrogens is 366 g/mol. The number of anilines is 1. The lowest BCUT2D eigenvalue weighted by Crippen LogP contribution is -2.33. The second-order valence-electron chi connectivity index (χ2n) is 6.63. The van der Waals surface area contributed by atoms with E-state index in [-0.39, 0.29) is 5.65 Å². The monoisotopic (exact) mass is 387 g/mol. The van der Waals surface area contributed by atoms with Gasteiger partial charge in [-0.2, -0.15) is 4.98 Å². The standard InChI is InChI=1S/C18H21N5O5/c24-8-11-13(25)14(26)17(28-11)23-9-20-12-15(21-18(27)22-16(12)23)19-7-6-10-4-2-1-3-5-10/h1-5,9,11,13-14,17,24-26H,6-8H2,(H2,19,21,22,27)/t11-,13-,14-,17-/m1/s1. The predicted octanol–water partition coefficient (Wildman–Crippen LogP) is -0.614. The van der Waals surface area contributed by atoms with E-state index in [1.807, 2.05) is 30.3 Å². The molecule has 0 spiro atoms. The van der Waals surface area contributed by atoms with Gasteiger partial charge in [-0.1, -0.05) is 30.3 Å². The van der Waals surface area contributed by atoms with Crippen LogP contribution in [0.5, 0.6) is 0 Å². The maximum atomic E-state index is 12.0. The maximum Gasteiger partial charge on any atom is 0.348 e. The second-order valence-corrected chi connectivity index (χ2v) is 6.63. The van der Waals surface area contributed by atoms with Crippen molar-refractivity contribution in [2.24, 2.45) is 0 Å². The third-order valence-electron chi connectivity index (χ3n) is 4.79. The Morgan fingerprint density at radius 3 is 2.71 bits per heavy atom. The number of nitrogens with one attached hydrogen (secondary N) is 2. The third kappa shape index (κ3) is 3.38. The number of aromatic amines is 1. The van der Waals surface area contributed by atoms with Crippen molar-refractivity contribution in [1.29, 1.82) is 0 Å². The zero-order chi connectivity index (χ0) is 19.7. The summed E-state index contributed by atoms with van der Waals surface area (Å²) in [5.41, 5.74) is 1.19. The lowest BCUT2D eigenvalue weighted by Gasteiger charge is -2.16. The molecule has 28 heavy (non-hydrogen) atoms. The maximum absolute atomic E-state index is 12.0. The fourth-order valence-electron chi connectivity index (χ4n) is 3.33. The van der Waals surface area contributed by atoms with Gasteiger partial charge >= 0.3 is 5.69 Å². The molecule has 0 unspecified atom stereocenters. The lowest BCUT2D eigenvalue weighted by molar-refractivity contribution is -0.0511. The van der Waals surface area contributed by atoms with Crippen LogP contribution >= 0.6 is 0 Å². The largest absolute Gasteiger partial charge is 0.394 e. The number of aromatic nitrogens is 4. The molecule has 4 rings (SSSR count). The number of H-pyrrole nitrogens is 1. The minimum Gasteiger partial charge on any atom is -0.394 e. The molecule has 5 N–H and O–H groups in total. The summed E-state index contributed by atoms with van der Waals surface area (Å²) >= 11 is 0. The molecule has 1 fully saturated rings. The van der Waals surface area contributed by atoms with Crippen LogP contribution in [0.4, 0.5) is 5.82 Å². The van der Waals surface area contributed by atoms with Crippen molar-refractivity contribution >= 4 is 17.0 Å². The topological polar surface area (TPSA) is 146 Å². The molecule has 10 heteroatoms. The highest BCUT2D eigenvalue weighted by molar-refractivity contribution is 5.82. The molecule has 3 aromatic rings. The van der Waals surface area contributed by atoms with Gasteiger partial charge in [0, 0.05) is 6.54 Å². The quantitative estimate of drug-likeness (QED) is 0.376. The second kappa shape index (κ2) is 7.68. The van der Waals surface area contributed by atoms with Gasteiger partial charge in [0.25, 0.3) is 0 Å². The molecule has 0 amide bonds. The highest BCUT2D eigenvalue weighted by Crippen LogP contribution is 2.31. The average Bonchev–Trinajstić information content (AvgIpc) is 3.24. The van der Waals surface area contributed by atoms with Crippen LogP contribution in [0.2, 0.25) is 0 Å². The van der Waals surface area contributed by atoms with Crippen molar-refractivity contribution in [3.05, 3.63) is 52.7 Å². The Morgan fingerprint density at radius 2 is 2.00 bits per heavy atom. The molecule has 148 valence electrons. The Balaban J connectivity index is 1.59. The first-order valence-electron chi connectivity index (χ1n) is 8.95. The zero-order valence-corrected chi connectivity index (χ0v) is 14.9. The molecule has 0 radical (unpaired) electrons. The highest BCUT2D eigenvalue weighted by atomic mass is 16.6. The number of rotatable bonds is 6. The molecule has 2 aromatic heterocycles. The minimum atomic E-state index is -1.29. The molecule has 1 aliphatic heterocycles. The van der Waals surface area contributed by atoms with E-state index in [4.69, 9.17) is 4.74 Å². The minimum absolute atomic E-state index is 0.209. The van der Waals surface area contributed by atoms with E-state index in [0.717, 1.165) is 12.0 Å².